The number of hydrogen-bond acceptors (Lipinski definition) is 4. The number of aryl methyl sites for hydroxylation is 1. The molecule has 0 unspecified atom stereocenters. The predicted molar refractivity (Wildman–Crippen MR) is 120 cm³/mol. The van der Waals surface area contributed by atoms with Gasteiger partial charge in [-0.3, -0.25) is 0 Å². The molecule has 0 amide bonds. The van der Waals surface area contributed by atoms with E-state index in [1.54, 1.807) is 12.1 Å². The van der Waals surface area contributed by atoms with Crippen LogP contribution < -0.4 is 0 Å². The fourth-order valence-corrected chi connectivity index (χ4v) is 3.90. The molecule has 0 radical (unpaired) electrons. The average molecular weight is 459 g/mol. The zero-order valence-electron chi connectivity index (χ0n) is 15.9. The summed E-state index contributed by atoms with van der Waals surface area (Å²) in [7, 11) is 0. The van der Waals surface area contributed by atoms with Gasteiger partial charge in [-0.2, -0.15) is 0 Å². The van der Waals surface area contributed by atoms with Crippen LogP contribution in [0.15, 0.2) is 75.7 Å². The molecule has 30 heavy (non-hydrogen) atoms. The van der Waals surface area contributed by atoms with Crippen LogP contribution >= 0.6 is 15.9 Å². The number of aromatic carboxylic acids is 1. The van der Waals surface area contributed by atoms with Crippen LogP contribution in [0, 0.1) is 6.92 Å². The van der Waals surface area contributed by atoms with E-state index in [1.165, 1.54) is 0 Å². The van der Waals surface area contributed by atoms with Crippen molar-refractivity contribution in [1.82, 2.24) is 10.1 Å². The first-order valence-corrected chi connectivity index (χ1v) is 10.1. The molecule has 5 rings (SSSR count). The van der Waals surface area contributed by atoms with Crippen molar-refractivity contribution in [2.75, 3.05) is 0 Å². The van der Waals surface area contributed by atoms with Crippen LogP contribution in [-0.2, 0) is 0 Å². The molecule has 0 atom stereocenters. The van der Waals surface area contributed by atoms with Gasteiger partial charge in [0.25, 0.3) is 0 Å². The van der Waals surface area contributed by atoms with E-state index in [4.69, 9.17) is 9.51 Å². The van der Waals surface area contributed by atoms with Gasteiger partial charge in [0.2, 0.25) is 0 Å². The number of carbonyl (C=O) groups is 1. The maximum atomic E-state index is 11.9. The molecule has 0 spiro atoms. The minimum Gasteiger partial charge on any atom is -0.478 e. The highest BCUT2D eigenvalue weighted by Crippen LogP contribution is 2.33. The van der Waals surface area contributed by atoms with Gasteiger partial charge in [0.1, 0.15) is 5.52 Å². The summed E-state index contributed by atoms with van der Waals surface area (Å²) in [6.45, 7) is 2.03. The third-order valence-corrected chi connectivity index (χ3v) is 5.58. The molecule has 0 aliphatic carbocycles. The molecule has 3 aromatic carbocycles. The molecule has 0 bridgehead atoms. The maximum Gasteiger partial charge on any atom is 0.336 e. The van der Waals surface area contributed by atoms with E-state index in [0.29, 0.717) is 22.4 Å². The lowest BCUT2D eigenvalue weighted by Crippen LogP contribution is -2.00. The molecular formula is C24H15BrN2O3. The number of aromatic nitrogens is 2. The molecule has 1 N–H and O–H groups in total. The molecule has 0 aliphatic heterocycles. The second-order valence-electron chi connectivity index (χ2n) is 7.13. The summed E-state index contributed by atoms with van der Waals surface area (Å²) in [6.07, 6.45) is 0. The predicted octanol–water partition coefficient (Wildman–Crippen LogP) is 6.48. The Labute approximate surface area is 180 Å². The minimum atomic E-state index is -0.992. The first-order valence-electron chi connectivity index (χ1n) is 9.30. The minimum absolute atomic E-state index is 0.209. The highest BCUT2D eigenvalue weighted by molar-refractivity contribution is 9.10. The van der Waals surface area contributed by atoms with Crippen LogP contribution in [0.2, 0.25) is 0 Å². The van der Waals surface area contributed by atoms with Crippen molar-refractivity contribution in [1.29, 1.82) is 0 Å². The summed E-state index contributed by atoms with van der Waals surface area (Å²) in [4.78, 5) is 16.6. The van der Waals surface area contributed by atoms with Gasteiger partial charge < -0.3 is 9.63 Å². The second-order valence-corrected chi connectivity index (χ2v) is 8.05. The van der Waals surface area contributed by atoms with E-state index in [0.717, 1.165) is 32.1 Å². The fourth-order valence-electron chi connectivity index (χ4n) is 3.54. The zero-order valence-corrected chi connectivity index (χ0v) is 17.5. The SMILES string of the molecule is Cc1ccc(-c2onc3ccc(-c4cc(C(=O)O)c5cc(Br)ccc5n4)cc23)cc1. The highest BCUT2D eigenvalue weighted by Gasteiger charge is 2.16. The third-order valence-electron chi connectivity index (χ3n) is 5.09. The standard InChI is InChI=1S/C24H15BrN2O3/c1-13-2-4-14(5-3-13)23-19-10-15(6-8-21(19)27-30-23)22-12-18(24(28)29)17-11-16(25)7-9-20(17)26-22/h2-12H,1H3,(H,28,29). The number of pyridine rings is 1. The summed E-state index contributed by atoms with van der Waals surface area (Å²) in [5.74, 6) is -0.317. The molecule has 0 fully saturated rings. The van der Waals surface area contributed by atoms with Crippen LogP contribution in [-0.4, -0.2) is 21.2 Å². The van der Waals surface area contributed by atoms with Gasteiger partial charge in [0.15, 0.2) is 5.76 Å². The van der Waals surface area contributed by atoms with Gasteiger partial charge in [-0.05, 0) is 43.3 Å². The Hall–Kier alpha value is -3.51. The molecule has 0 saturated heterocycles. The van der Waals surface area contributed by atoms with Crippen molar-refractivity contribution < 1.29 is 14.4 Å². The molecule has 2 aromatic heterocycles. The normalized spacial score (nSPS) is 11.3. The van der Waals surface area contributed by atoms with Crippen LogP contribution in [0.5, 0.6) is 0 Å². The summed E-state index contributed by atoms with van der Waals surface area (Å²) in [5, 5.41) is 15.3. The van der Waals surface area contributed by atoms with Crippen LogP contribution in [0.3, 0.4) is 0 Å². The summed E-state index contributed by atoms with van der Waals surface area (Å²) >= 11 is 3.40. The van der Waals surface area contributed by atoms with E-state index in [1.807, 2.05) is 61.5 Å². The van der Waals surface area contributed by atoms with Gasteiger partial charge in [-0.1, -0.05) is 57.0 Å². The van der Waals surface area contributed by atoms with Crippen molar-refractivity contribution in [2.45, 2.75) is 6.92 Å². The first kappa shape index (κ1) is 18.5. The molecule has 5 nitrogen and oxygen atoms in total. The fraction of sp³-hybridized carbons (Fsp3) is 0.0417. The van der Waals surface area contributed by atoms with Crippen molar-refractivity contribution in [3.8, 4) is 22.6 Å². The number of fused-ring (bicyclic) bond motifs is 2. The Kier molecular flexibility index (Phi) is 4.37. The number of hydrogen-bond donors (Lipinski definition) is 1. The number of carboxylic acids is 1. The van der Waals surface area contributed by atoms with Crippen LogP contribution in [0.25, 0.3) is 44.4 Å². The van der Waals surface area contributed by atoms with Crippen molar-refractivity contribution in [3.63, 3.8) is 0 Å². The molecule has 0 aliphatic rings. The van der Waals surface area contributed by atoms with E-state index in [2.05, 4.69) is 21.1 Å². The lowest BCUT2D eigenvalue weighted by molar-refractivity contribution is 0.0699. The largest absolute Gasteiger partial charge is 0.478 e. The molecular weight excluding hydrogens is 444 g/mol. The zero-order chi connectivity index (χ0) is 20.8. The monoisotopic (exact) mass is 458 g/mol. The lowest BCUT2D eigenvalue weighted by atomic mass is 10.0. The van der Waals surface area contributed by atoms with Gasteiger partial charge in [-0.15, -0.1) is 0 Å². The Morgan fingerprint density at radius 1 is 0.900 bits per heavy atom. The number of carboxylic acid groups (broad SMARTS) is 1. The molecule has 6 heteroatoms. The quantitative estimate of drug-likeness (QED) is 0.334. The number of rotatable bonds is 3. The number of nitrogens with zero attached hydrogens (tertiary/aromatic N) is 2. The average Bonchev–Trinajstić information content (AvgIpc) is 3.16. The summed E-state index contributed by atoms with van der Waals surface area (Å²) in [6, 6.07) is 20.8. The topological polar surface area (TPSA) is 76.2 Å². The van der Waals surface area contributed by atoms with Crippen molar-refractivity contribution in [2.24, 2.45) is 0 Å². The second kappa shape index (κ2) is 7.07. The van der Waals surface area contributed by atoms with Crippen LogP contribution in [0.1, 0.15) is 15.9 Å². The van der Waals surface area contributed by atoms with Gasteiger partial charge in [0.05, 0.1) is 22.2 Å². The van der Waals surface area contributed by atoms with Crippen LogP contribution in [0.4, 0.5) is 0 Å². The number of benzene rings is 3. The van der Waals surface area contributed by atoms with Crippen molar-refractivity contribution >= 4 is 43.7 Å². The third kappa shape index (κ3) is 3.15. The van der Waals surface area contributed by atoms with Gasteiger partial charge >= 0.3 is 5.97 Å². The Morgan fingerprint density at radius 2 is 1.63 bits per heavy atom. The molecule has 146 valence electrons. The Bertz CT molecular complexity index is 1440. The highest BCUT2D eigenvalue weighted by atomic mass is 79.9. The van der Waals surface area contributed by atoms with E-state index in [9.17, 15) is 9.90 Å². The van der Waals surface area contributed by atoms with E-state index >= 15 is 0 Å². The number of halogens is 1. The summed E-state index contributed by atoms with van der Waals surface area (Å²) < 4.78 is 6.41. The molecule has 2 heterocycles. The maximum absolute atomic E-state index is 11.9. The smallest absolute Gasteiger partial charge is 0.336 e. The van der Waals surface area contributed by atoms with Crippen molar-refractivity contribution in [3.05, 3.63) is 82.3 Å². The lowest BCUT2D eigenvalue weighted by Gasteiger charge is -2.08. The van der Waals surface area contributed by atoms with Gasteiger partial charge in [-0.25, -0.2) is 9.78 Å². The Balaban J connectivity index is 1.70. The van der Waals surface area contributed by atoms with Gasteiger partial charge in [0, 0.05) is 21.0 Å². The Morgan fingerprint density at radius 3 is 2.40 bits per heavy atom. The molecule has 0 saturated carbocycles. The molecule has 5 aromatic rings. The first-order chi connectivity index (χ1) is 14.5. The van der Waals surface area contributed by atoms with E-state index < -0.39 is 5.97 Å². The summed E-state index contributed by atoms with van der Waals surface area (Å²) in [5.41, 5.74) is 5.04. The van der Waals surface area contributed by atoms with E-state index in [-0.39, 0.29) is 5.56 Å².